The molecule has 1 unspecified atom stereocenters. The van der Waals surface area contributed by atoms with Crippen LogP contribution in [0.15, 0.2) is 12.2 Å². The molecule has 2 nitrogen and oxygen atoms in total. The minimum absolute atomic E-state index is 0.249. The molecule has 4 fully saturated rings. The van der Waals surface area contributed by atoms with Gasteiger partial charge in [0.05, 0.1) is 5.60 Å². The number of rotatable bonds is 4. The van der Waals surface area contributed by atoms with Crippen molar-refractivity contribution in [2.24, 2.45) is 23.2 Å². The summed E-state index contributed by atoms with van der Waals surface area (Å²) in [6.07, 6.45) is 7.41. The molecule has 0 aromatic heterocycles. The highest BCUT2D eigenvalue weighted by Crippen LogP contribution is 2.64. The Balaban J connectivity index is 1.81. The van der Waals surface area contributed by atoms with Crippen molar-refractivity contribution in [2.75, 3.05) is 0 Å². The van der Waals surface area contributed by atoms with Crippen molar-refractivity contribution >= 4 is 0 Å². The van der Waals surface area contributed by atoms with Gasteiger partial charge < -0.3 is 9.84 Å². The molecule has 0 heterocycles. The van der Waals surface area contributed by atoms with E-state index in [0.717, 1.165) is 17.8 Å². The van der Waals surface area contributed by atoms with Crippen LogP contribution in [-0.2, 0) is 4.74 Å². The van der Waals surface area contributed by atoms with Gasteiger partial charge >= 0.3 is 0 Å². The van der Waals surface area contributed by atoms with Gasteiger partial charge in [0.25, 0.3) is 0 Å². The van der Waals surface area contributed by atoms with E-state index >= 15 is 0 Å². The van der Waals surface area contributed by atoms with E-state index in [1.807, 2.05) is 6.92 Å². The van der Waals surface area contributed by atoms with Crippen LogP contribution in [0.2, 0.25) is 0 Å². The number of aliphatic hydroxyl groups excluding tert-OH is 1. The van der Waals surface area contributed by atoms with Crippen LogP contribution in [0, 0.1) is 23.2 Å². The van der Waals surface area contributed by atoms with Gasteiger partial charge in [-0.2, -0.15) is 0 Å². The monoisotopic (exact) mass is 264 g/mol. The average Bonchev–Trinajstić information content (AvgIpc) is 2.25. The van der Waals surface area contributed by atoms with E-state index in [1.165, 1.54) is 38.5 Å². The topological polar surface area (TPSA) is 29.5 Å². The Morgan fingerprint density at radius 1 is 1.16 bits per heavy atom. The Morgan fingerprint density at radius 2 is 1.58 bits per heavy atom. The molecule has 4 bridgehead atoms. The van der Waals surface area contributed by atoms with Crippen molar-refractivity contribution in [1.29, 1.82) is 0 Å². The fourth-order valence-electron chi connectivity index (χ4n) is 5.35. The van der Waals surface area contributed by atoms with E-state index in [-0.39, 0.29) is 11.0 Å². The number of ether oxygens (including phenoxy) is 1. The first-order valence-corrected chi connectivity index (χ1v) is 7.83. The third-order valence-electron chi connectivity index (χ3n) is 6.14. The Hall–Kier alpha value is -0.340. The lowest BCUT2D eigenvalue weighted by Crippen LogP contribution is -2.57. The first kappa shape index (κ1) is 13.6. The second-order valence-corrected chi connectivity index (χ2v) is 8.02. The standard InChI is InChI=1S/C17H28O2/c1-11(2)15(18)19-16(3,4)17-8-12-5-13(9-17)7-14(6-12)10-17/h12-15,18H,1,5-10H2,2-4H3. The summed E-state index contributed by atoms with van der Waals surface area (Å²) in [7, 11) is 0. The van der Waals surface area contributed by atoms with Crippen LogP contribution in [0.4, 0.5) is 0 Å². The van der Waals surface area contributed by atoms with Gasteiger partial charge in [0.2, 0.25) is 0 Å². The fourth-order valence-corrected chi connectivity index (χ4v) is 5.35. The maximum Gasteiger partial charge on any atom is 0.177 e. The molecule has 4 aliphatic carbocycles. The summed E-state index contributed by atoms with van der Waals surface area (Å²) in [6.45, 7) is 10.0. The van der Waals surface area contributed by atoms with E-state index in [0.29, 0.717) is 5.57 Å². The molecule has 0 saturated heterocycles. The highest BCUT2D eigenvalue weighted by atomic mass is 16.6. The maximum atomic E-state index is 10.0. The molecule has 4 aliphatic rings. The van der Waals surface area contributed by atoms with Crippen molar-refractivity contribution in [3.8, 4) is 0 Å². The predicted octanol–water partition coefficient (Wildman–Crippen LogP) is 3.89. The molecule has 0 aliphatic heterocycles. The molecule has 0 aromatic rings. The molecule has 4 rings (SSSR count). The van der Waals surface area contributed by atoms with E-state index in [1.54, 1.807) is 0 Å². The average molecular weight is 264 g/mol. The van der Waals surface area contributed by atoms with Gasteiger partial charge in [0, 0.05) is 0 Å². The number of hydrogen-bond donors (Lipinski definition) is 1. The Morgan fingerprint density at radius 3 is 1.95 bits per heavy atom. The maximum absolute atomic E-state index is 10.0. The van der Waals surface area contributed by atoms with Crippen molar-refractivity contribution in [3.63, 3.8) is 0 Å². The third-order valence-corrected chi connectivity index (χ3v) is 6.14. The van der Waals surface area contributed by atoms with Crippen LogP contribution in [0.25, 0.3) is 0 Å². The van der Waals surface area contributed by atoms with E-state index in [2.05, 4.69) is 20.4 Å². The lowest BCUT2D eigenvalue weighted by Gasteiger charge is -2.62. The van der Waals surface area contributed by atoms with Crippen LogP contribution in [0.3, 0.4) is 0 Å². The number of hydrogen-bond acceptors (Lipinski definition) is 2. The van der Waals surface area contributed by atoms with Gasteiger partial charge in [-0.25, -0.2) is 0 Å². The summed E-state index contributed by atoms with van der Waals surface area (Å²) in [5.41, 5.74) is 0.748. The van der Waals surface area contributed by atoms with Gasteiger partial charge in [0.15, 0.2) is 6.29 Å². The molecular formula is C17H28O2. The Labute approximate surface area is 117 Å². The second-order valence-electron chi connectivity index (χ2n) is 8.02. The molecule has 0 amide bonds. The van der Waals surface area contributed by atoms with Crippen molar-refractivity contribution in [1.82, 2.24) is 0 Å². The zero-order valence-corrected chi connectivity index (χ0v) is 12.6. The molecule has 0 radical (unpaired) electrons. The first-order chi connectivity index (χ1) is 8.81. The zero-order chi connectivity index (χ0) is 13.8. The van der Waals surface area contributed by atoms with Crippen LogP contribution >= 0.6 is 0 Å². The van der Waals surface area contributed by atoms with Gasteiger partial charge in [-0.15, -0.1) is 0 Å². The number of aliphatic hydroxyl groups is 1. The molecule has 0 aromatic carbocycles. The van der Waals surface area contributed by atoms with Crippen LogP contribution < -0.4 is 0 Å². The molecule has 4 saturated carbocycles. The molecule has 0 spiro atoms. The summed E-state index contributed by atoms with van der Waals surface area (Å²) in [5.74, 6) is 2.74. The van der Waals surface area contributed by atoms with Crippen molar-refractivity contribution < 1.29 is 9.84 Å². The zero-order valence-electron chi connectivity index (χ0n) is 12.6. The van der Waals surface area contributed by atoms with Crippen LogP contribution in [0.1, 0.15) is 59.3 Å². The van der Waals surface area contributed by atoms with Gasteiger partial charge in [-0.3, -0.25) is 0 Å². The van der Waals surface area contributed by atoms with Crippen molar-refractivity contribution in [2.45, 2.75) is 71.2 Å². The summed E-state index contributed by atoms with van der Waals surface area (Å²) in [5, 5.41) is 10.0. The highest BCUT2D eigenvalue weighted by Gasteiger charge is 2.58. The summed E-state index contributed by atoms with van der Waals surface area (Å²) < 4.78 is 6.04. The normalized spacial score (nSPS) is 42.4. The van der Waals surface area contributed by atoms with E-state index < -0.39 is 6.29 Å². The molecule has 19 heavy (non-hydrogen) atoms. The van der Waals surface area contributed by atoms with Crippen LogP contribution in [-0.4, -0.2) is 17.0 Å². The summed E-state index contributed by atoms with van der Waals surface area (Å²) >= 11 is 0. The van der Waals surface area contributed by atoms with E-state index in [9.17, 15) is 5.11 Å². The van der Waals surface area contributed by atoms with Gasteiger partial charge in [0.1, 0.15) is 0 Å². The smallest absolute Gasteiger partial charge is 0.177 e. The fraction of sp³-hybridized carbons (Fsp3) is 0.882. The minimum Gasteiger partial charge on any atom is -0.364 e. The lowest BCUT2D eigenvalue weighted by molar-refractivity contribution is -0.239. The highest BCUT2D eigenvalue weighted by molar-refractivity contribution is 5.08. The van der Waals surface area contributed by atoms with Gasteiger partial charge in [-0.05, 0) is 88.0 Å². The second kappa shape index (κ2) is 4.33. The molecular weight excluding hydrogens is 236 g/mol. The lowest BCUT2D eigenvalue weighted by atomic mass is 9.46. The first-order valence-electron chi connectivity index (χ1n) is 7.83. The Kier molecular flexibility index (Phi) is 3.10. The molecule has 1 atom stereocenters. The SMILES string of the molecule is C=C(C)C(O)OC(C)(C)C12CC3CC(CC(C3)C1)C2. The van der Waals surface area contributed by atoms with Gasteiger partial charge in [-0.1, -0.05) is 6.58 Å². The Bertz CT molecular complexity index is 347. The molecule has 2 heteroatoms. The molecule has 108 valence electrons. The van der Waals surface area contributed by atoms with Crippen molar-refractivity contribution in [3.05, 3.63) is 12.2 Å². The summed E-state index contributed by atoms with van der Waals surface area (Å²) in [6, 6.07) is 0. The summed E-state index contributed by atoms with van der Waals surface area (Å²) in [4.78, 5) is 0. The largest absolute Gasteiger partial charge is 0.364 e. The predicted molar refractivity (Wildman–Crippen MR) is 76.6 cm³/mol. The quantitative estimate of drug-likeness (QED) is 0.616. The third kappa shape index (κ3) is 2.17. The van der Waals surface area contributed by atoms with E-state index in [4.69, 9.17) is 4.74 Å². The molecule has 1 N–H and O–H groups in total. The minimum atomic E-state index is -0.817. The van der Waals surface area contributed by atoms with Crippen LogP contribution in [0.5, 0.6) is 0 Å².